The van der Waals surface area contributed by atoms with Gasteiger partial charge in [0, 0.05) is 7.11 Å². The lowest BCUT2D eigenvalue weighted by Crippen LogP contribution is -2.07. The van der Waals surface area contributed by atoms with Crippen LogP contribution in [0.5, 0.6) is 0 Å². The van der Waals surface area contributed by atoms with Crippen molar-refractivity contribution in [2.24, 2.45) is 0 Å². The van der Waals surface area contributed by atoms with Crippen molar-refractivity contribution >= 4 is 7.82 Å². The summed E-state index contributed by atoms with van der Waals surface area (Å²) >= 11 is 0. The molecule has 0 fully saturated rings. The zero-order valence-corrected chi connectivity index (χ0v) is 12.1. The number of nitrogens with one attached hydrogen (secondary N) is 1. The Morgan fingerprint density at radius 3 is 2.29 bits per heavy atom. The first-order chi connectivity index (χ1) is 8.18. The van der Waals surface area contributed by atoms with Crippen LogP contribution in [0, 0.1) is 0 Å². The molecule has 0 aliphatic heterocycles. The topological polar surface area (TPSA) is 56.8 Å². The van der Waals surface area contributed by atoms with Crippen LogP contribution in [-0.4, -0.2) is 33.9 Å². The number of hydrogen-bond acceptors (Lipinski definition) is 5. The monoisotopic (exact) mass is 267 g/mol. The molecule has 0 rings (SSSR count). The van der Waals surface area contributed by atoms with Gasteiger partial charge in [-0.25, -0.2) is 4.57 Å². The number of phosphoric acid groups is 1. The summed E-state index contributed by atoms with van der Waals surface area (Å²) in [5, 5.41) is 3.10. The molecule has 104 valence electrons. The first kappa shape index (κ1) is 17.1. The molecule has 0 spiro atoms. The molecule has 0 bridgehead atoms. The minimum absolute atomic E-state index is 0.396. The first-order valence-electron chi connectivity index (χ1n) is 6.28. The van der Waals surface area contributed by atoms with E-state index >= 15 is 0 Å². The molecule has 0 amide bonds. The van der Waals surface area contributed by atoms with Crippen molar-refractivity contribution in [2.75, 3.05) is 33.9 Å². The maximum atomic E-state index is 11.8. The lowest BCUT2D eigenvalue weighted by atomic mass is 10.2. The smallest absolute Gasteiger partial charge is 0.320 e. The molecule has 1 atom stereocenters. The van der Waals surface area contributed by atoms with Gasteiger partial charge in [0.2, 0.25) is 0 Å². The molecule has 17 heavy (non-hydrogen) atoms. The summed E-state index contributed by atoms with van der Waals surface area (Å²) in [6.07, 6.45) is 5.05. The Bertz CT molecular complexity index is 214. The lowest BCUT2D eigenvalue weighted by Gasteiger charge is -2.15. The highest BCUT2D eigenvalue weighted by Gasteiger charge is 2.23. The third-order valence-electron chi connectivity index (χ3n) is 2.25. The highest BCUT2D eigenvalue weighted by Crippen LogP contribution is 2.48. The Balaban J connectivity index is 3.52. The van der Waals surface area contributed by atoms with Gasteiger partial charge in [0.15, 0.2) is 0 Å². The Morgan fingerprint density at radius 2 is 1.71 bits per heavy atom. The SMILES string of the molecule is CCCOP(=O)(OC)OCCCCCCNC. The van der Waals surface area contributed by atoms with Crippen LogP contribution in [0.3, 0.4) is 0 Å². The fraction of sp³-hybridized carbons (Fsp3) is 1.00. The largest absolute Gasteiger partial charge is 0.474 e. The first-order valence-corrected chi connectivity index (χ1v) is 7.74. The molecule has 0 aromatic rings. The molecule has 0 radical (unpaired) electrons. The van der Waals surface area contributed by atoms with E-state index in [-0.39, 0.29) is 0 Å². The van der Waals surface area contributed by atoms with E-state index < -0.39 is 7.82 Å². The molecule has 0 aromatic carbocycles. The van der Waals surface area contributed by atoms with Gasteiger partial charge in [-0.2, -0.15) is 0 Å². The summed E-state index contributed by atoms with van der Waals surface area (Å²) < 4.78 is 26.8. The molecule has 0 aromatic heterocycles. The molecule has 1 unspecified atom stereocenters. The van der Waals surface area contributed by atoms with Gasteiger partial charge >= 0.3 is 7.82 Å². The summed E-state index contributed by atoms with van der Waals surface area (Å²) in [4.78, 5) is 0. The van der Waals surface area contributed by atoms with Gasteiger partial charge in [-0.1, -0.05) is 19.8 Å². The summed E-state index contributed by atoms with van der Waals surface area (Å²) in [6.45, 7) is 3.81. The summed E-state index contributed by atoms with van der Waals surface area (Å²) in [7, 11) is 0.00754. The van der Waals surface area contributed by atoms with Crippen LogP contribution in [0.25, 0.3) is 0 Å². The van der Waals surface area contributed by atoms with Gasteiger partial charge in [0.05, 0.1) is 13.2 Å². The second-order valence-electron chi connectivity index (χ2n) is 3.81. The molecule has 0 saturated carbocycles. The van der Waals surface area contributed by atoms with Crippen molar-refractivity contribution in [1.29, 1.82) is 0 Å². The van der Waals surface area contributed by atoms with E-state index in [0.29, 0.717) is 13.2 Å². The second kappa shape index (κ2) is 11.2. The summed E-state index contributed by atoms with van der Waals surface area (Å²) in [5.41, 5.74) is 0. The van der Waals surface area contributed by atoms with Gasteiger partial charge in [-0.15, -0.1) is 0 Å². The summed E-state index contributed by atoms with van der Waals surface area (Å²) in [6, 6.07) is 0. The third-order valence-corrected chi connectivity index (χ3v) is 3.69. The minimum Gasteiger partial charge on any atom is -0.320 e. The zero-order valence-electron chi connectivity index (χ0n) is 11.2. The second-order valence-corrected chi connectivity index (χ2v) is 5.59. The predicted molar refractivity (Wildman–Crippen MR) is 69.2 cm³/mol. The highest BCUT2D eigenvalue weighted by molar-refractivity contribution is 7.48. The Kier molecular flexibility index (Phi) is 11.2. The van der Waals surface area contributed by atoms with Crippen molar-refractivity contribution in [3.8, 4) is 0 Å². The maximum Gasteiger partial charge on any atom is 0.474 e. The molecule has 1 N–H and O–H groups in total. The predicted octanol–water partition coefficient (Wildman–Crippen LogP) is 2.96. The molecular weight excluding hydrogens is 241 g/mol. The van der Waals surface area contributed by atoms with E-state index in [1.165, 1.54) is 7.11 Å². The molecule has 0 heterocycles. The van der Waals surface area contributed by atoms with Gasteiger partial charge in [-0.3, -0.25) is 13.6 Å². The average Bonchev–Trinajstić information content (AvgIpc) is 2.35. The molecular formula is C11H26NO4P. The van der Waals surface area contributed by atoms with E-state index in [0.717, 1.165) is 38.6 Å². The third kappa shape index (κ3) is 9.74. The number of phosphoric ester groups is 1. The molecule has 0 aliphatic carbocycles. The fourth-order valence-corrected chi connectivity index (χ4v) is 2.32. The molecule has 6 heteroatoms. The van der Waals surface area contributed by atoms with Crippen LogP contribution >= 0.6 is 7.82 Å². The highest BCUT2D eigenvalue weighted by atomic mass is 31.2. The van der Waals surface area contributed by atoms with Crippen LogP contribution in [0.2, 0.25) is 0 Å². The number of hydrogen-bond donors (Lipinski definition) is 1. The van der Waals surface area contributed by atoms with E-state index in [4.69, 9.17) is 13.6 Å². The van der Waals surface area contributed by atoms with Crippen molar-refractivity contribution in [3.05, 3.63) is 0 Å². The standard InChI is InChI=1S/C11H26NO4P/c1-4-10-15-17(13,14-3)16-11-8-6-5-7-9-12-2/h12H,4-11H2,1-3H3. The van der Waals surface area contributed by atoms with Gasteiger partial charge in [0.1, 0.15) is 0 Å². The van der Waals surface area contributed by atoms with Crippen LogP contribution in [-0.2, 0) is 18.1 Å². The maximum absolute atomic E-state index is 11.8. The Morgan fingerprint density at radius 1 is 1.06 bits per heavy atom. The Labute approximate surface area is 105 Å². The normalized spacial score (nSPS) is 14.8. The number of rotatable bonds is 12. The quantitative estimate of drug-likeness (QED) is 0.435. The Hall–Kier alpha value is 0.0700. The van der Waals surface area contributed by atoms with Crippen LogP contribution < -0.4 is 5.32 Å². The molecule has 0 aliphatic rings. The van der Waals surface area contributed by atoms with Gasteiger partial charge in [-0.05, 0) is 32.9 Å². The van der Waals surface area contributed by atoms with Crippen molar-refractivity contribution in [2.45, 2.75) is 39.0 Å². The zero-order chi connectivity index (χ0) is 13.0. The van der Waals surface area contributed by atoms with E-state index in [1.54, 1.807) is 0 Å². The lowest BCUT2D eigenvalue weighted by molar-refractivity contribution is 0.129. The minimum atomic E-state index is -3.29. The van der Waals surface area contributed by atoms with Crippen molar-refractivity contribution in [3.63, 3.8) is 0 Å². The van der Waals surface area contributed by atoms with E-state index in [2.05, 4.69) is 5.32 Å². The van der Waals surface area contributed by atoms with Crippen molar-refractivity contribution in [1.82, 2.24) is 5.32 Å². The van der Waals surface area contributed by atoms with E-state index in [1.807, 2.05) is 14.0 Å². The number of unbranched alkanes of at least 4 members (excludes halogenated alkanes) is 3. The van der Waals surface area contributed by atoms with Crippen molar-refractivity contribution < 1.29 is 18.1 Å². The van der Waals surface area contributed by atoms with E-state index in [9.17, 15) is 4.57 Å². The summed E-state index contributed by atoms with van der Waals surface area (Å²) in [5.74, 6) is 0. The van der Waals surface area contributed by atoms with Gasteiger partial charge < -0.3 is 5.32 Å². The molecule has 5 nitrogen and oxygen atoms in total. The van der Waals surface area contributed by atoms with Gasteiger partial charge in [0.25, 0.3) is 0 Å². The average molecular weight is 267 g/mol. The van der Waals surface area contributed by atoms with Crippen LogP contribution in [0.1, 0.15) is 39.0 Å². The van der Waals surface area contributed by atoms with Crippen LogP contribution in [0.4, 0.5) is 0 Å². The van der Waals surface area contributed by atoms with Crippen LogP contribution in [0.15, 0.2) is 0 Å². The molecule has 0 saturated heterocycles. The fourth-order valence-electron chi connectivity index (χ4n) is 1.28.